The molecule has 0 heterocycles. The molecule has 0 radical (unpaired) electrons. The normalized spacial score (nSPS) is 9.73. The van der Waals surface area contributed by atoms with Crippen LogP contribution in [0.3, 0.4) is 0 Å². The molecule has 11 heavy (non-hydrogen) atoms. The summed E-state index contributed by atoms with van der Waals surface area (Å²) in [5.74, 6) is 0.663. The Morgan fingerprint density at radius 2 is 2.09 bits per heavy atom. The minimum atomic E-state index is 0.157. The van der Waals surface area contributed by atoms with Crippen molar-refractivity contribution in [2.75, 3.05) is 7.11 Å². The lowest BCUT2D eigenvalue weighted by Gasteiger charge is -2.05. The highest BCUT2D eigenvalue weighted by atomic mass is 79.9. The predicted octanol–water partition coefficient (Wildman–Crippen LogP) is 2.47. The van der Waals surface area contributed by atoms with Crippen molar-refractivity contribution < 1.29 is 9.84 Å². The fourth-order valence-corrected chi connectivity index (χ4v) is 1.14. The summed E-state index contributed by atoms with van der Waals surface area (Å²) in [4.78, 5) is 0. The molecular weight excluding hydrogens is 208 g/mol. The number of aromatic hydroxyl groups is 1. The molecule has 0 fully saturated rings. The van der Waals surface area contributed by atoms with Crippen LogP contribution in [0.4, 0.5) is 0 Å². The standard InChI is InChI=1S/C8H9BrO2/c1-5-3-8(11-2)7(10)4-6(5)9/h3-4,10H,1-2H3. The van der Waals surface area contributed by atoms with Crippen LogP contribution in [0.25, 0.3) is 0 Å². The molecule has 2 nitrogen and oxygen atoms in total. The van der Waals surface area contributed by atoms with Crippen molar-refractivity contribution in [1.29, 1.82) is 0 Å². The predicted molar refractivity (Wildman–Crippen MR) is 47.1 cm³/mol. The van der Waals surface area contributed by atoms with Gasteiger partial charge in [-0.2, -0.15) is 0 Å². The van der Waals surface area contributed by atoms with E-state index in [2.05, 4.69) is 15.9 Å². The maximum atomic E-state index is 9.26. The van der Waals surface area contributed by atoms with Crippen LogP contribution in [0.2, 0.25) is 0 Å². The molecule has 1 N–H and O–H groups in total. The van der Waals surface area contributed by atoms with Crippen molar-refractivity contribution in [3.63, 3.8) is 0 Å². The molecule has 1 aromatic carbocycles. The molecule has 0 saturated heterocycles. The number of rotatable bonds is 1. The first kappa shape index (κ1) is 8.40. The first-order valence-corrected chi connectivity index (χ1v) is 3.97. The maximum absolute atomic E-state index is 9.26. The largest absolute Gasteiger partial charge is 0.504 e. The first-order valence-electron chi connectivity index (χ1n) is 3.18. The molecule has 0 saturated carbocycles. The van der Waals surface area contributed by atoms with Crippen LogP contribution in [-0.4, -0.2) is 12.2 Å². The van der Waals surface area contributed by atoms with E-state index >= 15 is 0 Å². The number of hydrogen-bond donors (Lipinski definition) is 1. The highest BCUT2D eigenvalue weighted by molar-refractivity contribution is 9.10. The number of phenols is 1. The van der Waals surface area contributed by atoms with Crippen LogP contribution < -0.4 is 4.74 Å². The number of benzene rings is 1. The summed E-state index contributed by atoms with van der Waals surface area (Å²) in [5.41, 5.74) is 1.04. The van der Waals surface area contributed by atoms with Crippen molar-refractivity contribution in [3.8, 4) is 11.5 Å². The van der Waals surface area contributed by atoms with E-state index in [1.165, 1.54) is 7.11 Å². The van der Waals surface area contributed by atoms with Gasteiger partial charge in [-0.05, 0) is 24.6 Å². The van der Waals surface area contributed by atoms with Gasteiger partial charge in [0.2, 0.25) is 0 Å². The fourth-order valence-electron chi connectivity index (χ4n) is 0.808. The van der Waals surface area contributed by atoms with E-state index in [0.717, 1.165) is 10.0 Å². The zero-order valence-corrected chi connectivity index (χ0v) is 7.97. The fraction of sp³-hybridized carbons (Fsp3) is 0.250. The van der Waals surface area contributed by atoms with Gasteiger partial charge in [0, 0.05) is 4.47 Å². The molecule has 0 aromatic heterocycles. The molecule has 1 aromatic rings. The quantitative estimate of drug-likeness (QED) is 0.782. The molecule has 0 unspecified atom stereocenters. The minimum absolute atomic E-state index is 0.157. The van der Waals surface area contributed by atoms with Gasteiger partial charge in [0.15, 0.2) is 11.5 Å². The van der Waals surface area contributed by atoms with Crippen molar-refractivity contribution in [2.24, 2.45) is 0 Å². The Balaban J connectivity index is 3.21. The molecule has 0 aliphatic heterocycles. The SMILES string of the molecule is COc1cc(C)c(Br)cc1O. The van der Waals surface area contributed by atoms with E-state index in [-0.39, 0.29) is 5.75 Å². The van der Waals surface area contributed by atoms with Crippen molar-refractivity contribution in [2.45, 2.75) is 6.92 Å². The average molecular weight is 217 g/mol. The highest BCUT2D eigenvalue weighted by Crippen LogP contribution is 2.31. The van der Waals surface area contributed by atoms with Gasteiger partial charge in [-0.15, -0.1) is 0 Å². The van der Waals surface area contributed by atoms with Gasteiger partial charge in [-0.1, -0.05) is 15.9 Å². The van der Waals surface area contributed by atoms with Gasteiger partial charge in [-0.25, -0.2) is 0 Å². The Morgan fingerprint density at radius 3 is 2.64 bits per heavy atom. The average Bonchev–Trinajstić information content (AvgIpc) is 1.97. The van der Waals surface area contributed by atoms with Crippen LogP contribution in [-0.2, 0) is 0 Å². The molecule has 0 bridgehead atoms. The molecule has 0 spiro atoms. The maximum Gasteiger partial charge on any atom is 0.160 e. The smallest absolute Gasteiger partial charge is 0.160 e. The molecule has 3 heteroatoms. The third-order valence-corrected chi connectivity index (χ3v) is 2.31. The van der Waals surface area contributed by atoms with E-state index < -0.39 is 0 Å². The third-order valence-electron chi connectivity index (χ3n) is 1.46. The topological polar surface area (TPSA) is 29.5 Å². The number of phenolic OH excluding ortho intramolecular Hbond substituents is 1. The summed E-state index contributed by atoms with van der Waals surface area (Å²) in [7, 11) is 1.53. The van der Waals surface area contributed by atoms with Gasteiger partial charge in [-0.3, -0.25) is 0 Å². The Labute approximate surface area is 73.9 Å². The summed E-state index contributed by atoms with van der Waals surface area (Å²) in [6.07, 6.45) is 0. The molecular formula is C8H9BrO2. The lowest BCUT2D eigenvalue weighted by Crippen LogP contribution is -1.85. The number of hydrogen-bond acceptors (Lipinski definition) is 2. The molecule has 0 aliphatic carbocycles. The Morgan fingerprint density at radius 1 is 1.45 bits per heavy atom. The minimum Gasteiger partial charge on any atom is -0.504 e. The summed E-state index contributed by atoms with van der Waals surface area (Å²) < 4.78 is 5.79. The van der Waals surface area contributed by atoms with Crippen molar-refractivity contribution >= 4 is 15.9 Å². The van der Waals surface area contributed by atoms with Gasteiger partial charge in [0.25, 0.3) is 0 Å². The number of ether oxygens (including phenoxy) is 1. The second-order valence-electron chi connectivity index (χ2n) is 2.27. The Bertz CT molecular complexity index is 271. The molecule has 0 aliphatic rings. The second kappa shape index (κ2) is 3.13. The number of methoxy groups -OCH3 is 1. The Kier molecular flexibility index (Phi) is 2.39. The lowest BCUT2D eigenvalue weighted by atomic mass is 10.2. The zero-order valence-electron chi connectivity index (χ0n) is 6.39. The van der Waals surface area contributed by atoms with Gasteiger partial charge >= 0.3 is 0 Å². The summed E-state index contributed by atoms with van der Waals surface area (Å²) in [6, 6.07) is 3.40. The van der Waals surface area contributed by atoms with Crippen LogP contribution in [0, 0.1) is 6.92 Å². The monoisotopic (exact) mass is 216 g/mol. The van der Waals surface area contributed by atoms with E-state index in [9.17, 15) is 5.11 Å². The number of aryl methyl sites for hydroxylation is 1. The lowest BCUT2D eigenvalue weighted by molar-refractivity contribution is 0.373. The van der Waals surface area contributed by atoms with Gasteiger partial charge in [0.1, 0.15) is 0 Å². The van der Waals surface area contributed by atoms with E-state index in [4.69, 9.17) is 4.74 Å². The number of halogens is 1. The highest BCUT2D eigenvalue weighted by Gasteiger charge is 2.03. The Hall–Kier alpha value is -0.700. The summed E-state index contributed by atoms with van der Waals surface area (Å²) >= 11 is 3.29. The van der Waals surface area contributed by atoms with E-state index in [0.29, 0.717) is 5.75 Å². The first-order chi connectivity index (χ1) is 5.15. The van der Waals surface area contributed by atoms with E-state index in [1.54, 1.807) is 12.1 Å². The van der Waals surface area contributed by atoms with Gasteiger partial charge in [0.05, 0.1) is 7.11 Å². The summed E-state index contributed by atoms with van der Waals surface area (Å²) in [6.45, 7) is 1.94. The molecule has 0 amide bonds. The van der Waals surface area contributed by atoms with Crippen LogP contribution in [0.15, 0.2) is 16.6 Å². The second-order valence-corrected chi connectivity index (χ2v) is 3.13. The summed E-state index contributed by atoms with van der Waals surface area (Å²) in [5, 5.41) is 9.26. The van der Waals surface area contributed by atoms with Crippen LogP contribution >= 0.6 is 15.9 Å². The third kappa shape index (κ3) is 1.66. The van der Waals surface area contributed by atoms with E-state index in [1.807, 2.05) is 6.92 Å². The van der Waals surface area contributed by atoms with Crippen molar-refractivity contribution in [1.82, 2.24) is 0 Å². The van der Waals surface area contributed by atoms with Crippen molar-refractivity contribution in [3.05, 3.63) is 22.2 Å². The molecule has 60 valence electrons. The molecule has 1 rings (SSSR count). The van der Waals surface area contributed by atoms with Crippen LogP contribution in [0.5, 0.6) is 11.5 Å². The van der Waals surface area contributed by atoms with Gasteiger partial charge < -0.3 is 9.84 Å². The van der Waals surface area contributed by atoms with Crippen LogP contribution in [0.1, 0.15) is 5.56 Å². The zero-order chi connectivity index (χ0) is 8.43. The molecule has 0 atom stereocenters.